The summed E-state index contributed by atoms with van der Waals surface area (Å²) >= 11 is 0. The molecule has 1 saturated heterocycles. The summed E-state index contributed by atoms with van der Waals surface area (Å²) in [7, 11) is 1.43. The molecule has 1 fully saturated rings. The molecule has 0 unspecified atom stereocenters. The Morgan fingerprint density at radius 2 is 1.78 bits per heavy atom. The van der Waals surface area contributed by atoms with Crippen molar-refractivity contribution in [3.8, 4) is 22.9 Å². The van der Waals surface area contributed by atoms with Crippen LogP contribution in [0.2, 0.25) is 0 Å². The van der Waals surface area contributed by atoms with E-state index in [0.29, 0.717) is 19.1 Å². The summed E-state index contributed by atoms with van der Waals surface area (Å²) in [4.78, 5) is 13.7. The first-order valence-electron chi connectivity index (χ1n) is 11.0. The van der Waals surface area contributed by atoms with Crippen molar-refractivity contribution in [2.75, 3.05) is 26.8 Å². The third kappa shape index (κ3) is 5.88. The molecule has 168 valence electrons. The third-order valence-electron chi connectivity index (χ3n) is 5.66. The molecule has 1 aliphatic heterocycles. The maximum absolute atomic E-state index is 11.3. The highest BCUT2D eigenvalue weighted by Crippen LogP contribution is 2.26. The lowest BCUT2D eigenvalue weighted by Crippen LogP contribution is -2.35. The number of carbonyl (C=O) groups is 1. The van der Waals surface area contributed by atoms with Crippen LogP contribution < -0.4 is 9.47 Å². The molecule has 1 atom stereocenters. The van der Waals surface area contributed by atoms with Gasteiger partial charge in [-0.1, -0.05) is 0 Å². The lowest BCUT2D eigenvalue weighted by molar-refractivity contribution is -0.140. The summed E-state index contributed by atoms with van der Waals surface area (Å²) in [6.45, 7) is 2.60. The lowest BCUT2D eigenvalue weighted by Gasteiger charge is -2.24. The van der Waals surface area contributed by atoms with Crippen LogP contribution >= 0.6 is 0 Å². The van der Waals surface area contributed by atoms with Gasteiger partial charge in [-0.2, -0.15) is 5.10 Å². The largest absolute Gasteiger partial charge is 0.492 e. The van der Waals surface area contributed by atoms with Crippen LogP contribution in [-0.4, -0.2) is 53.5 Å². The van der Waals surface area contributed by atoms with E-state index in [2.05, 4.69) is 10.00 Å². The first kappa shape index (κ1) is 21.9. The molecule has 1 aliphatic rings. The van der Waals surface area contributed by atoms with Gasteiger partial charge in [-0.25, -0.2) is 4.68 Å². The Labute approximate surface area is 188 Å². The number of nitrogens with zero attached hydrogens (tertiary/aromatic N) is 3. The second-order valence-corrected chi connectivity index (χ2v) is 7.84. The summed E-state index contributed by atoms with van der Waals surface area (Å²) in [5, 5.41) is 4.23. The molecule has 0 saturated carbocycles. The molecule has 3 aromatic rings. The van der Waals surface area contributed by atoms with Crippen molar-refractivity contribution < 1.29 is 19.0 Å². The fraction of sp³-hybridized carbons (Fsp3) is 0.360. The fourth-order valence-electron chi connectivity index (χ4n) is 3.93. The highest BCUT2D eigenvalue weighted by Gasteiger charge is 2.24. The van der Waals surface area contributed by atoms with Crippen molar-refractivity contribution in [1.29, 1.82) is 0 Å². The van der Waals surface area contributed by atoms with Crippen LogP contribution in [0.1, 0.15) is 25.7 Å². The second kappa shape index (κ2) is 10.8. The van der Waals surface area contributed by atoms with Crippen LogP contribution in [0.3, 0.4) is 0 Å². The van der Waals surface area contributed by atoms with E-state index in [1.165, 1.54) is 7.11 Å². The number of rotatable bonds is 10. The van der Waals surface area contributed by atoms with E-state index >= 15 is 0 Å². The Morgan fingerprint density at radius 3 is 2.47 bits per heavy atom. The lowest BCUT2D eigenvalue weighted by atomic mass is 10.2. The molecule has 0 spiro atoms. The molecule has 0 N–H and O–H groups in total. The van der Waals surface area contributed by atoms with Crippen molar-refractivity contribution in [3.63, 3.8) is 0 Å². The molecule has 2 aromatic carbocycles. The molecular weight excluding hydrogens is 406 g/mol. The van der Waals surface area contributed by atoms with Gasteiger partial charge in [0.25, 0.3) is 0 Å². The van der Waals surface area contributed by atoms with Crippen molar-refractivity contribution in [2.45, 2.75) is 31.7 Å². The molecule has 0 aliphatic carbocycles. The third-order valence-corrected chi connectivity index (χ3v) is 5.66. The second-order valence-electron chi connectivity index (χ2n) is 7.84. The molecule has 4 rings (SSSR count). The van der Waals surface area contributed by atoms with E-state index in [-0.39, 0.29) is 5.97 Å². The Hall–Kier alpha value is -3.32. The van der Waals surface area contributed by atoms with E-state index in [4.69, 9.17) is 14.2 Å². The predicted molar refractivity (Wildman–Crippen MR) is 121 cm³/mol. The number of carbonyl (C=O) groups excluding carboxylic acids is 1. The molecule has 1 aromatic heterocycles. The monoisotopic (exact) mass is 435 g/mol. The summed E-state index contributed by atoms with van der Waals surface area (Å²) in [5.41, 5.74) is 0.984. The molecule has 32 heavy (non-hydrogen) atoms. The quantitative estimate of drug-likeness (QED) is 0.438. The average molecular weight is 436 g/mol. The van der Waals surface area contributed by atoms with Gasteiger partial charge in [-0.15, -0.1) is 0 Å². The number of methoxy groups -OCH3 is 1. The van der Waals surface area contributed by atoms with Crippen molar-refractivity contribution >= 4 is 5.97 Å². The topological polar surface area (TPSA) is 65.8 Å². The number of benzene rings is 2. The van der Waals surface area contributed by atoms with Crippen molar-refractivity contribution in [2.24, 2.45) is 0 Å². The Bertz CT molecular complexity index is 971. The maximum atomic E-state index is 11.3. The molecule has 0 amide bonds. The zero-order valence-electron chi connectivity index (χ0n) is 18.4. The predicted octanol–water partition coefficient (Wildman–Crippen LogP) is 4.46. The fourth-order valence-corrected chi connectivity index (χ4v) is 3.93. The minimum atomic E-state index is -0.145. The zero-order valence-corrected chi connectivity index (χ0v) is 18.4. The molecule has 2 heterocycles. The highest BCUT2D eigenvalue weighted by atomic mass is 16.5. The van der Waals surface area contributed by atoms with Crippen LogP contribution in [0.4, 0.5) is 0 Å². The summed E-state index contributed by atoms with van der Waals surface area (Å²) in [6, 6.07) is 17.8. The maximum Gasteiger partial charge on any atom is 0.305 e. The van der Waals surface area contributed by atoms with E-state index in [0.717, 1.165) is 55.3 Å². The first-order valence-corrected chi connectivity index (χ1v) is 11.0. The Balaban J connectivity index is 1.24. The van der Waals surface area contributed by atoms with Crippen LogP contribution in [0.25, 0.3) is 5.69 Å². The van der Waals surface area contributed by atoms with Crippen LogP contribution in [0.15, 0.2) is 67.0 Å². The van der Waals surface area contributed by atoms with Gasteiger partial charge in [0.2, 0.25) is 0 Å². The van der Waals surface area contributed by atoms with Crippen LogP contribution in [0, 0.1) is 0 Å². The average Bonchev–Trinajstić information content (AvgIpc) is 3.51. The highest BCUT2D eigenvalue weighted by molar-refractivity contribution is 5.69. The molecule has 0 radical (unpaired) electrons. The van der Waals surface area contributed by atoms with E-state index in [1.54, 1.807) is 10.9 Å². The first-order chi connectivity index (χ1) is 15.7. The Morgan fingerprint density at radius 1 is 1.06 bits per heavy atom. The molecule has 0 bridgehead atoms. The van der Waals surface area contributed by atoms with E-state index in [1.807, 2.05) is 60.8 Å². The minimum Gasteiger partial charge on any atom is -0.492 e. The summed E-state index contributed by atoms with van der Waals surface area (Å²) < 4.78 is 18.5. The molecular formula is C25H29N3O4. The van der Waals surface area contributed by atoms with Gasteiger partial charge in [0.1, 0.15) is 23.9 Å². The number of aromatic nitrogens is 2. The van der Waals surface area contributed by atoms with E-state index < -0.39 is 0 Å². The smallest absolute Gasteiger partial charge is 0.305 e. The number of hydrogen-bond donors (Lipinski definition) is 0. The molecule has 7 nitrogen and oxygen atoms in total. The normalized spacial score (nSPS) is 16.1. The van der Waals surface area contributed by atoms with Gasteiger partial charge in [0.15, 0.2) is 0 Å². The number of ether oxygens (including phenoxy) is 3. The van der Waals surface area contributed by atoms with Gasteiger partial charge in [0.05, 0.1) is 12.8 Å². The number of hydrogen-bond acceptors (Lipinski definition) is 6. The van der Waals surface area contributed by atoms with Gasteiger partial charge in [-0.3, -0.25) is 9.69 Å². The minimum absolute atomic E-state index is 0.145. The van der Waals surface area contributed by atoms with E-state index in [9.17, 15) is 4.79 Å². The van der Waals surface area contributed by atoms with Gasteiger partial charge < -0.3 is 14.2 Å². The number of esters is 1. The Kier molecular flexibility index (Phi) is 7.40. The summed E-state index contributed by atoms with van der Waals surface area (Å²) in [6.07, 6.45) is 7.23. The van der Waals surface area contributed by atoms with Crippen molar-refractivity contribution in [3.05, 3.63) is 67.0 Å². The van der Waals surface area contributed by atoms with Crippen LogP contribution in [-0.2, 0) is 9.53 Å². The van der Waals surface area contributed by atoms with Gasteiger partial charge in [-0.05, 0) is 86.9 Å². The standard InChI is InChI=1S/C25H29N3O4/c1-30-25(29)6-3-17-27-16-2-5-21(27)19-31-22-11-13-24(14-12-22)32-23-9-7-20(8-10-23)28-18-4-15-26-28/h4,7-15,18,21H,2-3,5-6,16-17,19H2,1H3/t21-/m1/s1. The van der Waals surface area contributed by atoms with Crippen molar-refractivity contribution in [1.82, 2.24) is 14.7 Å². The SMILES string of the molecule is COC(=O)CCCN1CCC[C@@H]1COc1ccc(Oc2ccc(-n3cccn3)cc2)cc1. The van der Waals surface area contributed by atoms with Gasteiger partial charge >= 0.3 is 5.97 Å². The van der Waals surface area contributed by atoms with Crippen LogP contribution in [0.5, 0.6) is 17.2 Å². The summed E-state index contributed by atoms with van der Waals surface area (Å²) in [5.74, 6) is 2.21. The van der Waals surface area contributed by atoms with Gasteiger partial charge in [0, 0.05) is 24.9 Å². The zero-order chi connectivity index (χ0) is 22.2. The number of likely N-dealkylation sites (tertiary alicyclic amines) is 1. The molecule has 7 heteroatoms.